The molecule has 0 fully saturated rings. The molecular weight excluding hydrogens is 262 g/mol. The summed E-state index contributed by atoms with van der Waals surface area (Å²) in [5, 5.41) is 4.19. The summed E-state index contributed by atoms with van der Waals surface area (Å²) >= 11 is 0. The van der Waals surface area contributed by atoms with Gasteiger partial charge in [-0.1, -0.05) is 12.1 Å². The Hall–Kier alpha value is -2.46. The first-order chi connectivity index (χ1) is 10.3. The van der Waals surface area contributed by atoms with Gasteiger partial charge in [-0.15, -0.1) is 0 Å². The fourth-order valence-corrected chi connectivity index (χ4v) is 2.24. The van der Waals surface area contributed by atoms with E-state index in [1.54, 1.807) is 12.4 Å². The second-order valence-electron chi connectivity index (χ2n) is 4.84. The highest BCUT2D eigenvalue weighted by molar-refractivity contribution is 5.85. The molecule has 2 heterocycles. The summed E-state index contributed by atoms with van der Waals surface area (Å²) in [6.45, 7) is 2.08. The maximum Gasteiger partial charge on any atom is 0.224 e. The van der Waals surface area contributed by atoms with Gasteiger partial charge in [0, 0.05) is 29.4 Å². The van der Waals surface area contributed by atoms with Crippen LogP contribution in [-0.4, -0.2) is 17.0 Å². The number of hydrogen-bond acceptors (Lipinski definition) is 4. The van der Waals surface area contributed by atoms with Gasteiger partial charge in [-0.2, -0.15) is 0 Å². The Morgan fingerprint density at radius 1 is 1.00 bits per heavy atom. The molecule has 4 nitrogen and oxygen atoms in total. The molecule has 4 heteroatoms. The van der Waals surface area contributed by atoms with Crippen LogP contribution in [0.1, 0.15) is 18.5 Å². The summed E-state index contributed by atoms with van der Waals surface area (Å²) < 4.78 is 6.05. The topological polar surface area (TPSA) is 47.0 Å². The van der Waals surface area contributed by atoms with Crippen molar-refractivity contribution in [2.75, 3.05) is 7.05 Å². The van der Waals surface area contributed by atoms with E-state index in [2.05, 4.69) is 22.2 Å². The molecule has 1 aromatic carbocycles. The van der Waals surface area contributed by atoms with Gasteiger partial charge in [-0.25, -0.2) is 4.98 Å². The van der Waals surface area contributed by atoms with Crippen LogP contribution in [0.2, 0.25) is 0 Å². The number of nitrogens with zero attached hydrogens (tertiary/aromatic N) is 2. The first-order valence-corrected chi connectivity index (χ1v) is 6.93. The lowest BCUT2D eigenvalue weighted by atomic mass is 10.1. The third-order valence-corrected chi connectivity index (χ3v) is 3.51. The molecule has 0 aliphatic heterocycles. The van der Waals surface area contributed by atoms with Gasteiger partial charge in [0.1, 0.15) is 5.75 Å². The fraction of sp³-hybridized carbons (Fsp3) is 0.176. The zero-order chi connectivity index (χ0) is 14.7. The molecular formula is C17H17N3O. The van der Waals surface area contributed by atoms with Crippen molar-refractivity contribution >= 4 is 10.9 Å². The molecule has 21 heavy (non-hydrogen) atoms. The maximum absolute atomic E-state index is 6.05. The van der Waals surface area contributed by atoms with E-state index >= 15 is 0 Å². The summed E-state index contributed by atoms with van der Waals surface area (Å²) in [6, 6.07) is 13.9. The summed E-state index contributed by atoms with van der Waals surface area (Å²) in [6.07, 6.45) is 3.52. The number of pyridine rings is 2. The molecule has 0 saturated heterocycles. The van der Waals surface area contributed by atoms with Crippen molar-refractivity contribution in [3.05, 3.63) is 60.4 Å². The predicted molar refractivity (Wildman–Crippen MR) is 83.5 cm³/mol. The second-order valence-corrected chi connectivity index (χ2v) is 4.84. The molecule has 3 rings (SSSR count). The van der Waals surface area contributed by atoms with Crippen molar-refractivity contribution in [3.63, 3.8) is 0 Å². The number of hydrogen-bond donors (Lipinski definition) is 1. The van der Waals surface area contributed by atoms with Gasteiger partial charge in [-0.3, -0.25) is 4.98 Å². The lowest BCUT2D eigenvalue weighted by Gasteiger charge is -2.15. The minimum Gasteiger partial charge on any atom is -0.438 e. The Labute approximate surface area is 123 Å². The van der Waals surface area contributed by atoms with Gasteiger partial charge in [-0.05, 0) is 44.3 Å². The standard InChI is InChI=1S/C17H17N3O/c1-12(18-2)13-6-4-11-20-17(13)21-16-9-3-8-15-14(16)7-5-10-19-15/h3-12,18H,1-2H3. The summed E-state index contributed by atoms with van der Waals surface area (Å²) in [7, 11) is 1.92. The van der Waals surface area contributed by atoms with Crippen LogP contribution in [0.5, 0.6) is 11.6 Å². The Morgan fingerprint density at radius 2 is 1.81 bits per heavy atom. The quantitative estimate of drug-likeness (QED) is 0.791. The Kier molecular flexibility index (Phi) is 3.79. The number of ether oxygens (including phenoxy) is 1. The monoisotopic (exact) mass is 279 g/mol. The minimum atomic E-state index is 0.168. The number of nitrogens with one attached hydrogen (secondary N) is 1. The molecule has 0 saturated carbocycles. The third kappa shape index (κ3) is 2.71. The van der Waals surface area contributed by atoms with Crippen LogP contribution < -0.4 is 10.1 Å². The van der Waals surface area contributed by atoms with Crippen molar-refractivity contribution in [1.29, 1.82) is 0 Å². The first kappa shape index (κ1) is 13.5. The van der Waals surface area contributed by atoms with E-state index in [9.17, 15) is 0 Å². The zero-order valence-corrected chi connectivity index (χ0v) is 12.1. The second kappa shape index (κ2) is 5.89. The SMILES string of the molecule is CNC(C)c1cccnc1Oc1cccc2ncccc12. The van der Waals surface area contributed by atoms with E-state index in [-0.39, 0.29) is 6.04 Å². The molecule has 1 atom stereocenters. The van der Waals surface area contributed by atoms with Crippen LogP contribution in [0, 0.1) is 0 Å². The lowest BCUT2D eigenvalue weighted by Crippen LogP contribution is -2.13. The van der Waals surface area contributed by atoms with Crippen LogP contribution in [0.25, 0.3) is 10.9 Å². The van der Waals surface area contributed by atoms with Crippen molar-refractivity contribution in [2.45, 2.75) is 13.0 Å². The first-order valence-electron chi connectivity index (χ1n) is 6.93. The van der Waals surface area contributed by atoms with Crippen molar-refractivity contribution in [1.82, 2.24) is 15.3 Å². The molecule has 0 bridgehead atoms. The van der Waals surface area contributed by atoms with Crippen molar-refractivity contribution < 1.29 is 4.74 Å². The highest BCUT2D eigenvalue weighted by Crippen LogP contribution is 2.31. The van der Waals surface area contributed by atoms with Gasteiger partial charge in [0.25, 0.3) is 0 Å². The highest BCUT2D eigenvalue weighted by atomic mass is 16.5. The highest BCUT2D eigenvalue weighted by Gasteiger charge is 2.12. The van der Waals surface area contributed by atoms with E-state index in [0.717, 1.165) is 22.2 Å². The molecule has 0 radical (unpaired) electrons. The van der Waals surface area contributed by atoms with Crippen molar-refractivity contribution in [3.8, 4) is 11.6 Å². The minimum absolute atomic E-state index is 0.168. The van der Waals surface area contributed by atoms with Crippen LogP contribution in [-0.2, 0) is 0 Å². The summed E-state index contributed by atoms with van der Waals surface area (Å²) in [4.78, 5) is 8.71. The zero-order valence-electron chi connectivity index (χ0n) is 12.1. The number of benzene rings is 1. The molecule has 3 aromatic rings. The van der Waals surface area contributed by atoms with E-state index in [4.69, 9.17) is 4.74 Å². The van der Waals surface area contributed by atoms with E-state index in [1.807, 2.05) is 49.5 Å². The Bertz CT molecular complexity index is 752. The summed E-state index contributed by atoms with van der Waals surface area (Å²) in [5.41, 5.74) is 1.94. The smallest absolute Gasteiger partial charge is 0.224 e. The number of aromatic nitrogens is 2. The molecule has 0 amide bonds. The lowest BCUT2D eigenvalue weighted by molar-refractivity contribution is 0.451. The van der Waals surface area contributed by atoms with Crippen LogP contribution in [0.4, 0.5) is 0 Å². The molecule has 2 aromatic heterocycles. The number of rotatable bonds is 4. The molecule has 0 aliphatic carbocycles. The van der Waals surface area contributed by atoms with E-state index in [0.29, 0.717) is 5.88 Å². The normalized spacial score (nSPS) is 12.3. The maximum atomic E-state index is 6.05. The van der Waals surface area contributed by atoms with Crippen LogP contribution in [0.3, 0.4) is 0 Å². The predicted octanol–water partition coefficient (Wildman–Crippen LogP) is 3.70. The third-order valence-electron chi connectivity index (χ3n) is 3.51. The van der Waals surface area contributed by atoms with E-state index in [1.165, 1.54) is 0 Å². The summed E-state index contributed by atoms with van der Waals surface area (Å²) in [5.74, 6) is 1.39. The fourth-order valence-electron chi connectivity index (χ4n) is 2.24. The number of fused-ring (bicyclic) bond motifs is 1. The van der Waals surface area contributed by atoms with E-state index < -0.39 is 0 Å². The molecule has 1 unspecified atom stereocenters. The average Bonchev–Trinajstić information content (AvgIpc) is 2.55. The van der Waals surface area contributed by atoms with Gasteiger partial charge < -0.3 is 10.1 Å². The molecule has 0 aliphatic rings. The van der Waals surface area contributed by atoms with Gasteiger partial charge in [0.05, 0.1) is 5.52 Å². The van der Waals surface area contributed by atoms with Gasteiger partial charge >= 0.3 is 0 Å². The van der Waals surface area contributed by atoms with Crippen molar-refractivity contribution in [2.24, 2.45) is 0 Å². The largest absolute Gasteiger partial charge is 0.438 e. The average molecular weight is 279 g/mol. The molecule has 106 valence electrons. The molecule has 1 N–H and O–H groups in total. The van der Waals surface area contributed by atoms with Crippen LogP contribution >= 0.6 is 0 Å². The van der Waals surface area contributed by atoms with Gasteiger partial charge in [0.15, 0.2) is 0 Å². The Morgan fingerprint density at radius 3 is 2.67 bits per heavy atom. The molecule has 0 spiro atoms. The van der Waals surface area contributed by atoms with Crippen LogP contribution in [0.15, 0.2) is 54.9 Å². The van der Waals surface area contributed by atoms with Gasteiger partial charge in [0.2, 0.25) is 5.88 Å². The Balaban J connectivity index is 2.03.